The number of sulfone groups is 1. The molecule has 0 spiro atoms. The van der Waals surface area contributed by atoms with E-state index in [-0.39, 0.29) is 44.0 Å². The summed E-state index contributed by atoms with van der Waals surface area (Å²) in [7, 11) is -3.01. The molecule has 8 nitrogen and oxygen atoms in total. The van der Waals surface area contributed by atoms with Gasteiger partial charge in [0.15, 0.2) is 9.84 Å². The number of aliphatic hydroxyl groups is 1. The fraction of sp³-hybridized carbons (Fsp3) is 0.909. The minimum atomic E-state index is -3.01. The average molecular weight is 311 g/mol. The van der Waals surface area contributed by atoms with Gasteiger partial charge in [-0.25, -0.2) is 13.2 Å². The maximum absolute atomic E-state index is 11.3. The van der Waals surface area contributed by atoms with E-state index in [0.29, 0.717) is 19.6 Å². The van der Waals surface area contributed by atoms with Crippen molar-refractivity contribution in [2.24, 2.45) is 0 Å². The number of carbonyl (C=O) groups is 1. The molecule has 2 N–H and O–H groups in total. The molecule has 1 rings (SSSR count). The highest BCUT2D eigenvalue weighted by atomic mass is 32.2. The minimum Gasteiger partial charge on any atom is -0.447 e. The predicted molar refractivity (Wildman–Crippen MR) is 70.3 cm³/mol. The molecule has 1 saturated heterocycles. The number of amides is 1. The van der Waals surface area contributed by atoms with Crippen LogP contribution in [-0.2, 0) is 24.0 Å². The van der Waals surface area contributed by atoms with Crippen molar-refractivity contribution < 1.29 is 32.5 Å². The molecule has 0 unspecified atom stereocenters. The SMILES string of the molecule is O=C(N[C@@H]1CCS(=O)(=O)C1)OCCOCCOCCO. The van der Waals surface area contributed by atoms with E-state index < -0.39 is 15.9 Å². The minimum absolute atomic E-state index is 0.0270. The largest absolute Gasteiger partial charge is 0.447 e. The molecule has 0 radical (unpaired) electrons. The topological polar surface area (TPSA) is 111 Å². The fourth-order valence-electron chi connectivity index (χ4n) is 1.70. The zero-order valence-electron chi connectivity index (χ0n) is 11.2. The number of rotatable bonds is 9. The van der Waals surface area contributed by atoms with Gasteiger partial charge < -0.3 is 24.6 Å². The molecule has 1 aliphatic rings. The van der Waals surface area contributed by atoms with Gasteiger partial charge in [-0.3, -0.25) is 0 Å². The Morgan fingerprint density at radius 3 is 2.40 bits per heavy atom. The number of nitrogens with one attached hydrogen (secondary N) is 1. The van der Waals surface area contributed by atoms with Gasteiger partial charge in [-0.1, -0.05) is 0 Å². The molecule has 1 amide bonds. The monoisotopic (exact) mass is 311 g/mol. The molecule has 0 saturated carbocycles. The summed E-state index contributed by atoms with van der Waals surface area (Å²) in [6, 6.07) is -0.361. The second kappa shape index (κ2) is 9.11. The molecule has 20 heavy (non-hydrogen) atoms. The summed E-state index contributed by atoms with van der Waals surface area (Å²) < 4.78 is 37.3. The zero-order chi connectivity index (χ0) is 14.8. The van der Waals surface area contributed by atoms with Crippen molar-refractivity contribution in [3.8, 4) is 0 Å². The Morgan fingerprint density at radius 2 is 1.80 bits per heavy atom. The molecular weight excluding hydrogens is 290 g/mol. The molecule has 0 aromatic carbocycles. The fourth-order valence-corrected chi connectivity index (χ4v) is 3.37. The Morgan fingerprint density at radius 1 is 1.15 bits per heavy atom. The molecule has 0 aliphatic carbocycles. The first-order valence-electron chi connectivity index (χ1n) is 6.43. The second-order valence-corrected chi connectivity index (χ2v) is 6.56. The van der Waals surface area contributed by atoms with Gasteiger partial charge in [0.25, 0.3) is 0 Å². The van der Waals surface area contributed by atoms with E-state index in [1.165, 1.54) is 0 Å². The molecule has 0 bridgehead atoms. The van der Waals surface area contributed by atoms with Crippen LogP contribution in [0.15, 0.2) is 0 Å². The first-order chi connectivity index (χ1) is 9.53. The summed E-state index contributed by atoms with van der Waals surface area (Å²) in [5.74, 6) is 0.0791. The molecule has 1 heterocycles. The highest BCUT2D eigenvalue weighted by molar-refractivity contribution is 7.91. The van der Waals surface area contributed by atoms with E-state index in [2.05, 4.69) is 5.32 Å². The Balaban J connectivity index is 1.96. The smallest absolute Gasteiger partial charge is 0.407 e. The van der Waals surface area contributed by atoms with Crippen molar-refractivity contribution in [3.05, 3.63) is 0 Å². The third-order valence-electron chi connectivity index (χ3n) is 2.62. The summed E-state index contributed by atoms with van der Waals surface area (Å²) in [6.07, 6.45) is -0.205. The van der Waals surface area contributed by atoms with Crippen LogP contribution in [0.1, 0.15) is 6.42 Å². The van der Waals surface area contributed by atoms with Crippen LogP contribution in [0.25, 0.3) is 0 Å². The Bertz CT molecular complexity index is 384. The van der Waals surface area contributed by atoms with E-state index in [9.17, 15) is 13.2 Å². The van der Waals surface area contributed by atoms with Gasteiger partial charge in [0.05, 0.1) is 44.5 Å². The second-order valence-electron chi connectivity index (χ2n) is 4.33. The van der Waals surface area contributed by atoms with E-state index in [0.717, 1.165) is 0 Å². The van der Waals surface area contributed by atoms with Crippen molar-refractivity contribution in [2.75, 3.05) is 51.1 Å². The molecule has 1 atom stereocenters. The lowest BCUT2D eigenvalue weighted by atomic mass is 10.3. The number of hydrogen-bond acceptors (Lipinski definition) is 7. The lowest BCUT2D eigenvalue weighted by molar-refractivity contribution is 0.0184. The molecule has 1 aliphatic heterocycles. The zero-order valence-corrected chi connectivity index (χ0v) is 12.1. The first kappa shape index (κ1) is 17.2. The molecule has 9 heteroatoms. The molecule has 1 fully saturated rings. The summed E-state index contributed by atoms with van der Waals surface area (Å²) in [4.78, 5) is 11.3. The van der Waals surface area contributed by atoms with Crippen LogP contribution >= 0.6 is 0 Å². The molecule has 0 aromatic heterocycles. The number of hydrogen-bond donors (Lipinski definition) is 2. The quantitative estimate of drug-likeness (QED) is 0.521. The number of ether oxygens (including phenoxy) is 3. The van der Waals surface area contributed by atoms with Crippen LogP contribution in [-0.4, -0.2) is 76.8 Å². The van der Waals surface area contributed by atoms with Gasteiger partial charge in [0, 0.05) is 6.04 Å². The van der Waals surface area contributed by atoms with Gasteiger partial charge in [-0.2, -0.15) is 0 Å². The van der Waals surface area contributed by atoms with Crippen molar-refractivity contribution >= 4 is 15.9 Å². The van der Waals surface area contributed by atoms with E-state index >= 15 is 0 Å². The molecule has 0 aromatic rings. The van der Waals surface area contributed by atoms with Crippen LogP contribution in [0.3, 0.4) is 0 Å². The van der Waals surface area contributed by atoms with Gasteiger partial charge in [-0.05, 0) is 6.42 Å². The normalized spacial score (nSPS) is 20.8. The maximum atomic E-state index is 11.3. The number of carbonyl (C=O) groups excluding carboxylic acids is 1. The van der Waals surface area contributed by atoms with E-state index in [1.54, 1.807) is 0 Å². The Labute approximate surface area is 118 Å². The summed E-state index contributed by atoms with van der Waals surface area (Å²) in [5.41, 5.74) is 0. The van der Waals surface area contributed by atoms with Gasteiger partial charge >= 0.3 is 6.09 Å². The van der Waals surface area contributed by atoms with Crippen molar-refractivity contribution in [1.29, 1.82) is 0 Å². The van der Waals surface area contributed by atoms with E-state index in [4.69, 9.17) is 19.3 Å². The lowest BCUT2D eigenvalue weighted by Crippen LogP contribution is -2.36. The highest BCUT2D eigenvalue weighted by Crippen LogP contribution is 2.11. The standard InChI is InChI=1S/C11H21NO7S/c13-2-3-17-4-5-18-6-7-19-11(14)12-10-1-8-20(15,16)9-10/h10,13H,1-9H2,(H,12,14)/t10-/m1/s1. The van der Waals surface area contributed by atoms with Crippen molar-refractivity contribution in [2.45, 2.75) is 12.5 Å². The van der Waals surface area contributed by atoms with Gasteiger partial charge in [0.1, 0.15) is 6.61 Å². The van der Waals surface area contributed by atoms with Crippen LogP contribution in [0.5, 0.6) is 0 Å². The van der Waals surface area contributed by atoms with Crippen LogP contribution < -0.4 is 5.32 Å². The predicted octanol–water partition coefficient (Wildman–Crippen LogP) is -1.07. The average Bonchev–Trinajstić information content (AvgIpc) is 2.72. The van der Waals surface area contributed by atoms with Crippen LogP contribution in [0.4, 0.5) is 4.79 Å². The van der Waals surface area contributed by atoms with Crippen molar-refractivity contribution in [1.82, 2.24) is 5.32 Å². The summed E-state index contributed by atoms with van der Waals surface area (Å²) in [5, 5.41) is 11.0. The summed E-state index contributed by atoms with van der Waals surface area (Å²) in [6.45, 7) is 1.29. The van der Waals surface area contributed by atoms with Gasteiger partial charge in [0.2, 0.25) is 0 Å². The molecule has 118 valence electrons. The molecular formula is C11H21NO7S. The third-order valence-corrected chi connectivity index (χ3v) is 4.39. The summed E-state index contributed by atoms with van der Waals surface area (Å²) >= 11 is 0. The van der Waals surface area contributed by atoms with Crippen molar-refractivity contribution in [3.63, 3.8) is 0 Å². The van der Waals surface area contributed by atoms with Crippen LogP contribution in [0.2, 0.25) is 0 Å². The first-order valence-corrected chi connectivity index (χ1v) is 8.26. The Hall–Kier alpha value is -0.900. The maximum Gasteiger partial charge on any atom is 0.407 e. The Kier molecular flexibility index (Phi) is 7.82. The highest BCUT2D eigenvalue weighted by Gasteiger charge is 2.29. The van der Waals surface area contributed by atoms with Crippen LogP contribution in [0, 0.1) is 0 Å². The lowest BCUT2D eigenvalue weighted by Gasteiger charge is -2.11. The van der Waals surface area contributed by atoms with Gasteiger partial charge in [-0.15, -0.1) is 0 Å². The number of alkyl carbamates (subject to hydrolysis) is 1. The van der Waals surface area contributed by atoms with E-state index in [1.807, 2.05) is 0 Å². The third kappa shape index (κ3) is 7.63. The number of aliphatic hydroxyl groups excluding tert-OH is 1.